The number of hydrogen-bond donors (Lipinski definition) is 0. The maximum atomic E-state index is 12.0. The first-order chi connectivity index (χ1) is 10.7. The van der Waals surface area contributed by atoms with Gasteiger partial charge in [-0.2, -0.15) is 0 Å². The van der Waals surface area contributed by atoms with Gasteiger partial charge in [0.2, 0.25) is 6.79 Å². The lowest BCUT2D eigenvalue weighted by molar-refractivity contribution is 0.0472. The lowest BCUT2D eigenvalue weighted by atomic mass is 10.2. The summed E-state index contributed by atoms with van der Waals surface area (Å²) in [6.45, 7) is 0.231. The zero-order valence-corrected chi connectivity index (χ0v) is 12.6. The molecular formula is C16H13ClO5. The molecule has 2 aromatic rings. The molecule has 0 aromatic heterocycles. The van der Waals surface area contributed by atoms with Gasteiger partial charge >= 0.3 is 5.97 Å². The van der Waals surface area contributed by atoms with Gasteiger partial charge in [-0.25, -0.2) is 4.79 Å². The van der Waals surface area contributed by atoms with Crippen LogP contribution in [0.2, 0.25) is 5.02 Å². The maximum Gasteiger partial charge on any atom is 0.338 e. The minimum Gasteiger partial charge on any atom is -0.497 e. The van der Waals surface area contributed by atoms with Crippen LogP contribution in [0.15, 0.2) is 36.4 Å². The second kappa shape index (κ2) is 6.15. The number of methoxy groups -OCH3 is 1. The predicted octanol–water partition coefficient (Wildman–Crippen LogP) is 3.43. The number of ether oxygens (including phenoxy) is 4. The van der Waals surface area contributed by atoms with Gasteiger partial charge in [0.05, 0.1) is 17.7 Å². The highest BCUT2D eigenvalue weighted by Crippen LogP contribution is 2.39. The molecule has 0 bridgehead atoms. The average Bonchev–Trinajstić information content (AvgIpc) is 3.01. The Balaban J connectivity index is 1.69. The standard InChI is InChI=1S/C16H13ClO5/c1-19-12-4-2-3-11(7-12)16(18)20-8-10-5-13(17)15-14(6-10)21-9-22-15/h2-7H,8-9H2,1H3. The van der Waals surface area contributed by atoms with Crippen LogP contribution in [-0.4, -0.2) is 19.9 Å². The Bertz CT molecular complexity index is 714. The molecule has 0 saturated carbocycles. The van der Waals surface area contributed by atoms with Crippen LogP contribution in [0.25, 0.3) is 0 Å². The SMILES string of the molecule is COc1cccc(C(=O)OCc2cc(Cl)c3c(c2)OCO3)c1. The molecule has 0 atom stereocenters. The van der Waals surface area contributed by atoms with Crippen molar-refractivity contribution in [3.05, 3.63) is 52.5 Å². The molecule has 0 saturated heterocycles. The fourth-order valence-corrected chi connectivity index (χ4v) is 2.37. The van der Waals surface area contributed by atoms with Crippen molar-refractivity contribution in [2.24, 2.45) is 0 Å². The van der Waals surface area contributed by atoms with Crippen molar-refractivity contribution in [3.63, 3.8) is 0 Å². The Kier molecular flexibility index (Phi) is 4.06. The number of carbonyl (C=O) groups excluding carboxylic acids is 1. The van der Waals surface area contributed by atoms with Crippen molar-refractivity contribution in [2.75, 3.05) is 13.9 Å². The maximum absolute atomic E-state index is 12.0. The van der Waals surface area contributed by atoms with Crippen LogP contribution in [0.1, 0.15) is 15.9 Å². The second-order valence-corrected chi connectivity index (χ2v) is 5.03. The predicted molar refractivity (Wildman–Crippen MR) is 79.7 cm³/mol. The molecule has 0 radical (unpaired) electrons. The van der Waals surface area contributed by atoms with E-state index in [1.54, 1.807) is 43.5 Å². The number of carbonyl (C=O) groups is 1. The molecule has 0 fully saturated rings. The van der Waals surface area contributed by atoms with Crippen molar-refractivity contribution < 1.29 is 23.7 Å². The zero-order valence-electron chi connectivity index (χ0n) is 11.8. The number of hydrogen-bond acceptors (Lipinski definition) is 5. The molecule has 2 aromatic carbocycles. The van der Waals surface area contributed by atoms with Crippen LogP contribution in [0.5, 0.6) is 17.2 Å². The quantitative estimate of drug-likeness (QED) is 0.808. The molecule has 0 amide bonds. The zero-order chi connectivity index (χ0) is 15.5. The molecule has 3 rings (SSSR count). The average molecular weight is 321 g/mol. The second-order valence-electron chi connectivity index (χ2n) is 4.62. The van der Waals surface area contributed by atoms with E-state index in [9.17, 15) is 4.79 Å². The first kappa shape index (κ1) is 14.5. The van der Waals surface area contributed by atoms with Crippen LogP contribution >= 0.6 is 11.6 Å². The van der Waals surface area contributed by atoms with E-state index in [2.05, 4.69) is 0 Å². The number of esters is 1. The summed E-state index contributed by atoms with van der Waals surface area (Å²) in [6.07, 6.45) is 0. The summed E-state index contributed by atoms with van der Waals surface area (Å²) >= 11 is 6.08. The van der Waals surface area contributed by atoms with Gasteiger partial charge in [-0.3, -0.25) is 0 Å². The van der Waals surface area contributed by atoms with Crippen LogP contribution in [0.4, 0.5) is 0 Å². The third-order valence-electron chi connectivity index (χ3n) is 3.16. The minimum absolute atomic E-state index is 0.0897. The van der Waals surface area contributed by atoms with Gasteiger partial charge in [0.1, 0.15) is 12.4 Å². The summed E-state index contributed by atoms with van der Waals surface area (Å²) in [5, 5.41) is 0.433. The van der Waals surface area contributed by atoms with Gasteiger partial charge < -0.3 is 18.9 Å². The van der Waals surface area contributed by atoms with E-state index < -0.39 is 5.97 Å². The van der Waals surface area contributed by atoms with E-state index in [1.165, 1.54) is 0 Å². The topological polar surface area (TPSA) is 54.0 Å². The summed E-state index contributed by atoms with van der Waals surface area (Å²) in [6, 6.07) is 10.2. The van der Waals surface area contributed by atoms with Crippen molar-refractivity contribution in [1.82, 2.24) is 0 Å². The Morgan fingerprint density at radius 2 is 2.14 bits per heavy atom. The van der Waals surface area contributed by atoms with Crippen LogP contribution in [-0.2, 0) is 11.3 Å². The third kappa shape index (κ3) is 2.94. The lowest BCUT2D eigenvalue weighted by Crippen LogP contribution is -2.05. The van der Waals surface area contributed by atoms with E-state index in [0.717, 1.165) is 5.56 Å². The fraction of sp³-hybridized carbons (Fsp3) is 0.188. The van der Waals surface area contributed by atoms with Gasteiger partial charge in [-0.05, 0) is 35.9 Å². The molecule has 0 spiro atoms. The van der Waals surface area contributed by atoms with Gasteiger partial charge in [-0.15, -0.1) is 0 Å². The molecular weight excluding hydrogens is 308 g/mol. The molecule has 0 aliphatic carbocycles. The molecule has 22 heavy (non-hydrogen) atoms. The number of rotatable bonds is 4. The summed E-state index contributed by atoms with van der Waals surface area (Å²) in [5.74, 6) is 1.23. The van der Waals surface area contributed by atoms with E-state index >= 15 is 0 Å². The van der Waals surface area contributed by atoms with E-state index in [-0.39, 0.29) is 13.4 Å². The smallest absolute Gasteiger partial charge is 0.338 e. The van der Waals surface area contributed by atoms with Crippen molar-refractivity contribution in [1.29, 1.82) is 0 Å². The number of benzene rings is 2. The van der Waals surface area contributed by atoms with Crippen LogP contribution < -0.4 is 14.2 Å². The Hall–Kier alpha value is -2.40. The normalized spacial score (nSPS) is 12.1. The molecule has 114 valence electrons. The summed E-state index contributed by atoms with van der Waals surface area (Å²) < 4.78 is 20.9. The monoisotopic (exact) mass is 320 g/mol. The van der Waals surface area contributed by atoms with Crippen LogP contribution in [0.3, 0.4) is 0 Å². The first-order valence-corrected chi connectivity index (χ1v) is 6.94. The first-order valence-electron chi connectivity index (χ1n) is 6.56. The van der Waals surface area contributed by atoms with E-state index in [1.807, 2.05) is 0 Å². The van der Waals surface area contributed by atoms with E-state index in [0.29, 0.717) is 27.8 Å². The number of halogens is 1. The highest BCUT2D eigenvalue weighted by Gasteiger charge is 2.19. The van der Waals surface area contributed by atoms with Crippen molar-refractivity contribution >= 4 is 17.6 Å². The Morgan fingerprint density at radius 1 is 1.27 bits per heavy atom. The number of fused-ring (bicyclic) bond motifs is 1. The summed E-state index contributed by atoms with van der Waals surface area (Å²) in [7, 11) is 1.54. The lowest BCUT2D eigenvalue weighted by Gasteiger charge is -2.08. The van der Waals surface area contributed by atoms with Crippen molar-refractivity contribution in [2.45, 2.75) is 6.61 Å². The summed E-state index contributed by atoms with van der Waals surface area (Å²) in [4.78, 5) is 12.0. The highest BCUT2D eigenvalue weighted by atomic mass is 35.5. The largest absolute Gasteiger partial charge is 0.497 e. The molecule has 1 aliphatic heterocycles. The Labute approximate surface area is 132 Å². The van der Waals surface area contributed by atoms with Crippen LogP contribution in [0, 0.1) is 0 Å². The Morgan fingerprint density at radius 3 is 2.95 bits per heavy atom. The molecule has 1 aliphatic rings. The fourth-order valence-electron chi connectivity index (χ4n) is 2.09. The van der Waals surface area contributed by atoms with Gasteiger partial charge in [0, 0.05) is 0 Å². The minimum atomic E-state index is -0.437. The summed E-state index contributed by atoms with van der Waals surface area (Å²) in [5.41, 5.74) is 1.15. The third-order valence-corrected chi connectivity index (χ3v) is 3.44. The molecule has 1 heterocycles. The van der Waals surface area contributed by atoms with Gasteiger partial charge in [-0.1, -0.05) is 17.7 Å². The molecule has 0 unspecified atom stereocenters. The molecule has 5 nitrogen and oxygen atoms in total. The van der Waals surface area contributed by atoms with E-state index in [4.69, 9.17) is 30.5 Å². The molecule has 0 N–H and O–H groups in total. The van der Waals surface area contributed by atoms with Gasteiger partial charge in [0.15, 0.2) is 11.5 Å². The van der Waals surface area contributed by atoms with Crippen molar-refractivity contribution in [3.8, 4) is 17.2 Å². The molecule has 6 heteroatoms. The van der Waals surface area contributed by atoms with Gasteiger partial charge in [0.25, 0.3) is 0 Å². The highest BCUT2D eigenvalue weighted by molar-refractivity contribution is 6.32.